The van der Waals surface area contributed by atoms with Crippen LogP contribution in [-0.4, -0.2) is 37.9 Å². The second-order valence-corrected chi connectivity index (χ2v) is 8.16. The number of rotatable bonds is 3. The molecule has 19 heavy (non-hydrogen) atoms. The first kappa shape index (κ1) is 14.8. The normalized spacial score (nSPS) is 34.7. The van der Waals surface area contributed by atoms with Gasteiger partial charge in [0.25, 0.3) is 0 Å². The molecule has 0 aromatic carbocycles. The van der Waals surface area contributed by atoms with Crippen LogP contribution in [0.3, 0.4) is 0 Å². The molecule has 0 aromatic rings. The standard InChI is InChI=1S/C13H24N2O3S/c14-12-6-2-1-4-10(12)8-13(16)15-11-5-3-7-19(17,18)9-11/h10-12H,1-9,14H2,(H,15,16). The molecule has 0 spiro atoms. The molecular formula is C13H24N2O3S. The quantitative estimate of drug-likeness (QED) is 0.795. The van der Waals surface area contributed by atoms with Crippen molar-refractivity contribution in [3.8, 4) is 0 Å². The molecule has 3 unspecified atom stereocenters. The maximum atomic E-state index is 12.0. The lowest BCUT2D eigenvalue weighted by Crippen LogP contribution is -2.45. The van der Waals surface area contributed by atoms with Gasteiger partial charge in [-0.1, -0.05) is 12.8 Å². The average Bonchev–Trinajstić information content (AvgIpc) is 2.30. The van der Waals surface area contributed by atoms with E-state index in [0.29, 0.717) is 12.8 Å². The Morgan fingerprint density at radius 2 is 1.89 bits per heavy atom. The van der Waals surface area contributed by atoms with Crippen molar-refractivity contribution < 1.29 is 13.2 Å². The summed E-state index contributed by atoms with van der Waals surface area (Å²) in [6, 6.07) is -0.0827. The number of hydrogen-bond donors (Lipinski definition) is 2. The Morgan fingerprint density at radius 1 is 1.16 bits per heavy atom. The first-order valence-electron chi connectivity index (χ1n) is 7.21. The highest BCUT2D eigenvalue weighted by Gasteiger charge is 2.28. The van der Waals surface area contributed by atoms with Gasteiger partial charge in [-0.15, -0.1) is 0 Å². The zero-order valence-corrected chi connectivity index (χ0v) is 12.1. The summed E-state index contributed by atoms with van der Waals surface area (Å²) >= 11 is 0. The monoisotopic (exact) mass is 288 g/mol. The van der Waals surface area contributed by atoms with Gasteiger partial charge in [0.2, 0.25) is 5.91 Å². The summed E-state index contributed by atoms with van der Waals surface area (Å²) in [5.41, 5.74) is 6.03. The van der Waals surface area contributed by atoms with E-state index in [4.69, 9.17) is 5.73 Å². The van der Waals surface area contributed by atoms with Gasteiger partial charge in [0.1, 0.15) is 0 Å². The number of sulfone groups is 1. The van der Waals surface area contributed by atoms with Crippen molar-refractivity contribution in [2.75, 3.05) is 11.5 Å². The van der Waals surface area contributed by atoms with Crippen molar-refractivity contribution in [2.45, 2.75) is 57.0 Å². The second-order valence-electron chi connectivity index (χ2n) is 5.93. The molecule has 2 fully saturated rings. The summed E-state index contributed by atoms with van der Waals surface area (Å²) in [5, 5.41) is 2.87. The van der Waals surface area contributed by atoms with Crippen LogP contribution < -0.4 is 11.1 Å². The predicted octanol–water partition coefficient (Wildman–Crippen LogP) is 0.587. The summed E-state index contributed by atoms with van der Waals surface area (Å²) in [6.07, 6.45) is 6.16. The van der Waals surface area contributed by atoms with Gasteiger partial charge < -0.3 is 11.1 Å². The van der Waals surface area contributed by atoms with Crippen molar-refractivity contribution in [3.63, 3.8) is 0 Å². The first-order valence-corrected chi connectivity index (χ1v) is 9.04. The van der Waals surface area contributed by atoms with Gasteiger partial charge in [-0.05, 0) is 31.6 Å². The van der Waals surface area contributed by atoms with Gasteiger partial charge in [0.15, 0.2) is 9.84 Å². The number of carbonyl (C=O) groups is 1. The van der Waals surface area contributed by atoms with Crippen LogP contribution >= 0.6 is 0 Å². The second kappa shape index (κ2) is 6.22. The molecule has 1 heterocycles. The van der Waals surface area contributed by atoms with Crippen LogP contribution in [-0.2, 0) is 14.6 Å². The molecule has 0 aromatic heterocycles. The fourth-order valence-electron chi connectivity index (χ4n) is 3.15. The maximum Gasteiger partial charge on any atom is 0.220 e. The third kappa shape index (κ3) is 4.45. The van der Waals surface area contributed by atoms with Crippen LogP contribution in [0, 0.1) is 5.92 Å². The summed E-state index contributed by atoms with van der Waals surface area (Å²) in [4.78, 5) is 12.0. The van der Waals surface area contributed by atoms with Crippen LogP contribution in [0.5, 0.6) is 0 Å². The minimum atomic E-state index is -2.96. The topological polar surface area (TPSA) is 89.3 Å². The SMILES string of the molecule is NC1CCCCC1CC(=O)NC1CCCS(=O)(=O)C1. The van der Waals surface area contributed by atoms with Gasteiger partial charge in [-0.3, -0.25) is 4.79 Å². The Morgan fingerprint density at radius 3 is 2.58 bits per heavy atom. The molecule has 2 aliphatic rings. The molecule has 1 amide bonds. The van der Waals surface area contributed by atoms with Crippen molar-refractivity contribution in [1.82, 2.24) is 5.32 Å². The lowest BCUT2D eigenvalue weighted by Gasteiger charge is -2.29. The van der Waals surface area contributed by atoms with E-state index >= 15 is 0 Å². The highest BCUT2D eigenvalue weighted by molar-refractivity contribution is 7.91. The molecule has 5 nitrogen and oxygen atoms in total. The van der Waals surface area contributed by atoms with Crippen LogP contribution in [0.25, 0.3) is 0 Å². The summed E-state index contributed by atoms with van der Waals surface area (Å²) < 4.78 is 23.0. The predicted molar refractivity (Wildman–Crippen MR) is 74.4 cm³/mol. The molecule has 3 N–H and O–H groups in total. The van der Waals surface area contributed by atoms with Gasteiger partial charge in [-0.25, -0.2) is 8.42 Å². The van der Waals surface area contributed by atoms with Crippen molar-refractivity contribution in [3.05, 3.63) is 0 Å². The molecule has 1 saturated carbocycles. The Labute approximate surface area is 115 Å². The zero-order chi connectivity index (χ0) is 13.9. The van der Waals surface area contributed by atoms with Crippen LogP contribution in [0.1, 0.15) is 44.9 Å². The fourth-order valence-corrected chi connectivity index (χ4v) is 4.79. The Kier molecular flexibility index (Phi) is 4.84. The fraction of sp³-hybridized carbons (Fsp3) is 0.923. The molecule has 110 valence electrons. The smallest absolute Gasteiger partial charge is 0.220 e. The van der Waals surface area contributed by atoms with E-state index in [1.165, 1.54) is 0 Å². The van der Waals surface area contributed by atoms with Crippen LogP contribution in [0.2, 0.25) is 0 Å². The van der Waals surface area contributed by atoms with E-state index < -0.39 is 9.84 Å². The zero-order valence-electron chi connectivity index (χ0n) is 11.3. The first-order chi connectivity index (χ1) is 8.96. The third-order valence-electron chi connectivity index (χ3n) is 4.24. The number of hydrogen-bond acceptors (Lipinski definition) is 4. The number of nitrogens with two attached hydrogens (primary N) is 1. The average molecular weight is 288 g/mol. The highest BCUT2D eigenvalue weighted by atomic mass is 32.2. The summed E-state index contributed by atoms with van der Waals surface area (Å²) in [6.45, 7) is 0. The summed E-state index contributed by atoms with van der Waals surface area (Å²) in [5.74, 6) is 0.570. The minimum absolute atomic E-state index is 0.0375. The van der Waals surface area contributed by atoms with E-state index in [-0.39, 0.29) is 35.4 Å². The van der Waals surface area contributed by atoms with Gasteiger partial charge >= 0.3 is 0 Å². The summed E-state index contributed by atoms with van der Waals surface area (Å²) in [7, 11) is -2.96. The Hall–Kier alpha value is -0.620. The lowest BCUT2D eigenvalue weighted by molar-refractivity contribution is -0.123. The molecule has 3 atom stereocenters. The van der Waals surface area contributed by atoms with E-state index in [1.54, 1.807) is 0 Å². The highest BCUT2D eigenvalue weighted by Crippen LogP contribution is 2.25. The van der Waals surface area contributed by atoms with E-state index in [1.807, 2.05) is 0 Å². The molecular weight excluding hydrogens is 264 g/mol. The van der Waals surface area contributed by atoms with Crippen molar-refractivity contribution in [2.24, 2.45) is 11.7 Å². The lowest BCUT2D eigenvalue weighted by atomic mass is 9.83. The van der Waals surface area contributed by atoms with Crippen molar-refractivity contribution >= 4 is 15.7 Å². The van der Waals surface area contributed by atoms with Gasteiger partial charge in [-0.2, -0.15) is 0 Å². The molecule has 0 radical (unpaired) electrons. The van der Waals surface area contributed by atoms with Crippen LogP contribution in [0.4, 0.5) is 0 Å². The van der Waals surface area contributed by atoms with Crippen molar-refractivity contribution in [1.29, 1.82) is 0 Å². The Balaban J connectivity index is 1.80. The van der Waals surface area contributed by atoms with Crippen LogP contribution in [0.15, 0.2) is 0 Å². The van der Waals surface area contributed by atoms with E-state index in [9.17, 15) is 13.2 Å². The van der Waals surface area contributed by atoms with Gasteiger partial charge in [0, 0.05) is 18.5 Å². The number of carbonyl (C=O) groups excluding carboxylic acids is 1. The van der Waals surface area contributed by atoms with E-state index in [2.05, 4.69) is 5.32 Å². The molecule has 1 aliphatic heterocycles. The molecule has 1 saturated heterocycles. The molecule has 1 aliphatic carbocycles. The largest absolute Gasteiger partial charge is 0.352 e. The van der Waals surface area contributed by atoms with E-state index in [0.717, 1.165) is 32.1 Å². The molecule has 2 rings (SSSR count). The minimum Gasteiger partial charge on any atom is -0.352 e. The molecule has 6 heteroatoms. The number of nitrogens with one attached hydrogen (secondary N) is 1. The third-order valence-corrected chi connectivity index (χ3v) is 6.06. The number of amides is 1. The Bertz CT molecular complexity index is 422. The maximum absolute atomic E-state index is 12.0. The molecule has 0 bridgehead atoms. The van der Waals surface area contributed by atoms with Gasteiger partial charge in [0.05, 0.1) is 11.5 Å².